The number of hydrogen-bond donors (Lipinski definition) is 0. The van der Waals surface area contributed by atoms with Crippen molar-refractivity contribution in [1.29, 1.82) is 0 Å². The standard InChI is InChI=1S/C14H21ClN2/c1-11(2)13-5-4-12(15)10-14(13)17-8-6-16(3)7-9-17/h4-5,10-11H,6-9H2,1-3H3. The number of nitrogens with zero attached hydrogens (tertiary/aromatic N) is 2. The van der Waals surface area contributed by atoms with Crippen LogP contribution in [0.5, 0.6) is 0 Å². The molecule has 1 fully saturated rings. The van der Waals surface area contributed by atoms with Crippen LogP contribution in [-0.4, -0.2) is 38.1 Å². The van der Waals surface area contributed by atoms with Gasteiger partial charge >= 0.3 is 0 Å². The molecular weight excluding hydrogens is 232 g/mol. The summed E-state index contributed by atoms with van der Waals surface area (Å²) in [5.41, 5.74) is 2.72. The number of benzene rings is 1. The van der Waals surface area contributed by atoms with E-state index >= 15 is 0 Å². The molecule has 0 aromatic heterocycles. The number of piperazine rings is 1. The van der Waals surface area contributed by atoms with Crippen LogP contribution in [0.1, 0.15) is 25.3 Å². The van der Waals surface area contributed by atoms with Crippen molar-refractivity contribution in [2.45, 2.75) is 19.8 Å². The molecule has 0 amide bonds. The topological polar surface area (TPSA) is 6.48 Å². The van der Waals surface area contributed by atoms with Gasteiger partial charge in [0.2, 0.25) is 0 Å². The summed E-state index contributed by atoms with van der Waals surface area (Å²) in [6.07, 6.45) is 0. The molecule has 0 unspecified atom stereocenters. The van der Waals surface area contributed by atoms with E-state index in [0.717, 1.165) is 31.2 Å². The quantitative estimate of drug-likeness (QED) is 0.798. The monoisotopic (exact) mass is 252 g/mol. The molecule has 2 nitrogen and oxygen atoms in total. The van der Waals surface area contributed by atoms with Crippen LogP contribution in [0, 0.1) is 0 Å². The van der Waals surface area contributed by atoms with Gasteiger partial charge in [-0.05, 0) is 30.7 Å². The van der Waals surface area contributed by atoms with Crippen molar-refractivity contribution in [2.24, 2.45) is 0 Å². The smallest absolute Gasteiger partial charge is 0.0426 e. The molecule has 0 N–H and O–H groups in total. The van der Waals surface area contributed by atoms with Gasteiger partial charge in [-0.25, -0.2) is 0 Å². The zero-order chi connectivity index (χ0) is 12.4. The Kier molecular flexibility index (Phi) is 3.95. The van der Waals surface area contributed by atoms with Gasteiger partial charge in [-0.15, -0.1) is 0 Å². The predicted octanol–water partition coefficient (Wildman–Crippen LogP) is 3.22. The number of hydrogen-bond acceptors (Lipinski definition) is 2. The Hall–Kier alpha value is -0.730. The first kappa shape index (κ1) is 12.7. The van der Waals surface area contributed by atoms with Gasteiger partial charge in [-0.1, -0.05) is 31.5 Å². The van der Waals surface area contributed by atoms with Gasteiger partial charge in [-0.3, -0.25) is 0 Å². The average Bonchev–Trinajstić information content (AvgIpc) is 2.29. The molecule has 1 aromatic carbocycles. The fourth-order valence-corrected chi connectivity index (χ4v) is 2.49. The van der Waals surface area contributed by atoms with Gasteiger partial charge in [0.25, 0.3) is 0 Å². The van der Waals surface area contributed by atoms with Crippen LogP contribution >= 0.6 is 11.6 Å². The Balaban J connectivity index is 2.26. The summed E-state index contributed by atoms with van der Waals surface area (Å²) in [5, 5.41) is 0.836. The summed E-state index contributed by atoms with van der Waals surface area (Å²) in [7, 11) is 2.18. The lowest BCUT2D eigenvalue weighted by atomic mass is 10.00. The Morgan fingerprint density at radius 3 is 2.35 bits per heavy atom. The zero-order valence-electron chi connectivity index (χ0n) is 10.9. The number of halogens is 1. The Labute approximate surface area is 109 Å². The number of likely N-dealkylation sites (N-methyl/N-ethyl adjacent to an activating group) is 1. The lowest BCUT2D eigenvalue weighted by Gasteiger charge is -2.35. The molecule has 1 aliphatic heterocycles. The minimum atomic E-state index is 0.543. The van der Waals surface area contributed by atoms with E-state index in [0.29, 0.717) is 5.92 Å². The fourth-order valence-electron chi connectivity index (χ4n) is 2.33. The SMILES string of the molecule is CC(C)c1ccc(Cl)cc1N1CCN(C)CC1. The van der Waals surface area contributed by atoms with E-state index in [9.17, 15) is 0 Å². The average molecular weight is 253 g/mol. The highest BCUT2D eigenvalue weighted by Crippen LogP contribution is 2.30. The summed E-state index contributed by atoms with van der Waals surface area (Å²) in [4.78, 5) is 4.83. The maximum absolute atomic E-state index is 6.13. The minimum Gasteiger partial charge on any atom is -0.369 e. The third kappa shape index (κ3) is 2.93. The molecule has 1 heterocycles. The summed E-state index contributed by atoms with van der Waals surface area (Å²) in [6, 6.07) is 6.28. The number of rotatable bonds is 2. The first-order valence-electron chi connectivity index (χ1n) is 6.31. The van der Waals surface area contributed by atoms with Crippen molar-refractivity contribution >= 4 is 17.3 Å². The summed E-state index contributed by atoms with van der Waals surface area (Å²) >= 11 is 6.13. The van der Waals surface area contributed by atoms with Crippen molar-refractivity contribution in [3.05, 3.63) is 28.8 Å². The molecule has 2 rings (SSSR count). The lowest BCUT2D eigenvalue weighted by Crippen LogP contribution is -2.44. The number of anilines is 1. The van der Waals surface area contributed by atoms with Gasteiger partial charge in [-0.2, -0.15) is 0 Å². The van der Waals surface area contributed by atoms with E-state index in [-0.39, 0.29) is 0 Å². The van der Waals surface area contributed by atoms with Crippen LogP contribution in [-0.2, 0) is 0 Å². The molecule has 0 radical (unpaired) electrons. The van der Waals surface area contributed by atoms with Gasteiger partial charge in [0.15, 0.2) is 0 Å². The van der Waals surface area contributed by atoms with Crippen LogP contribution in [0.3, 0.4) is 0 Å². The highest BCUT2D eigenvalue weighted by molar-refractivity contribution is 6.30. The van der Waals surface area contributed by atoms with E-state index in [1.54, 1.807) is 0 Å². The van der Waals surface area contributed by atoms with Crippen molar-refractivity contribution in [1.82, 2.24) is 4.90 Å². The molecule has 17 heavy (non-hydrogen) atoms. The molecule has 3 heteroatoms. The van der Waals surface area contributed by atoms with Crippen molar-refractivity contribution in [3.8, 4) is 0 Å². The Morgan fingerprint density at radius 1 is 1.12 bits per heavy atom. The summed E-state index contributed by atoms with van der Waals surface area (Å²) < 4.78 is 0. The Morgan fingerprint density at radius 2 is 1.76 bits per heavy atom. The molecule has 1 saturated heterocycles. The van der Waals surface area contributed by atoms with Gasteiger partial charge in [0.1, 0.15) is 0 Å². The minimum absolute atomic E-state index is 0.543. The summed E-state index contributed by atoms with van der Waals surface area (Å²) in [6.45, 7) is 8.92. The zero-order valence-corrected chi connectivity index (χ0v) is 11.7. The molecule has 1 aromatic rings. The van der Waals surface area contributed by atoms with E-state index in [1.807, 2.05) is 6.07 Å². The van der Waals surface area contributed by atoms with Crippen molar-refractivity contribution in [2.75, 3.05) is 38.1 Å². The van der Waals surface area contributed by atoms with Crippen LogP contribution in [0.15, 0.2) is 18.2 Å². The van der Waals surface area contributed by atoms with Crippen LogP contribution < -0.4 is 4.90 Å². The van der Waals surface area contributed by atoms with E-state index in [1.165, 1.54) is 11.3 Å². The lowest BCUT2D eigenvalue weighted by molar-refractivity contribution is 0.312. The second-order valence-corrected chi connectivity index (χ2v) is 5.58. The van der Waals surface area contributed by atoms with E-state index in [4.69, 9.17) is 11.6 Å². The van der Waals surface area contributed by atoms with Crippen LogP contribution in [0.4, 0.5) is 5.69 Å². The molecule has 0 atom stereocenters. The first-order chi connectivity index (χ1) is 8.08. The highest BCUT2D eigenvalue weighted by Gasteiger charge is 2.18. The molecule has 0 spiro atoms. The highest BCUT2D eigenvalue weighted by atomic mass is 35.5. The second-order valence-electron chi connectivity index (χ2n) is 5.15. The second kappa shape index (κ2) is 5.28. The Bertz CT molecular complexity index is 382. The maximum Gasteiger partial charge on any atom is 0.0426 e. The van der Waals surface area contributed by atoms with Gasteiger partial charge in [0.05, 0.1) is 0 Å². The molecular formula is C14H21ClN2. The van der Waals surface area contributed by atoms with Crippen LogP contribution in [0.25, 0.3) is 0 Å². The van der Waals surface area contributed by atoms with Crippen LogP contribution in [0.2, 0.25) is 5.02 Å². The van der Waals surface area contributed by atoms with Crippen molar-refractivity contribution < 1.29 is 0 Å². The molecule has 1 aliphatic rings. The largest absolute Gasteiger partial charge is 0.369 e. The maximum atomic E-state index is 6.13. The first-order valence-corrected chi connectivity index (χ1v) is 6.68. The molecule has 0 saturated carbocycles. The van der Waals surface area contributed by atoms with Gasteiger partial charge < -0.3 is 9.80 Å². The van der Waals surface area contributed by atoms with Gasteiger partial charge in [0, 0.05) is 36.9 Å². The molecule has 94 valence electrons. The third-order valence-electron chi connectivity index (χ3n) is 3.46. The summed E-state index contributed by atoms with van der Waals surface area (Å²) in [5.74, 6) is 0.543. The van der Waals surface area contributed by atoms with E-state index < -0.39 is 0 Å². The van der Waals surface area contributed by atoms with Crippen molar-refractivity contribution in [3.63, 3.8) is 0 Å². The predicted molar refractivity (Wildman–Crippen MR) is 75.3 cm³/mol. The molecule has 0 aliphatic carbocycles. The van der Waals surface area contributed by atoms with E-state index in [2.05, 4.69) is 42.8 Å². The fraction of sp³-hybridized carbons (Fsp3) is 0.571. The normalized spacial score (nSPS) is 17.8. The third-order valence-corrected chi connectivity index (χ3v) is 3.69. The molecule has 0 bridgehead atoms.